The van der Waals surface area contributed by atoms with Gasteiger partial charge in [-0.3, -0.25) is 10.1 Å². The Labute approximate surface area is 128 Å². The molecule has 1 aromatic carbocycles. The number of nitrogens with one attached hydrogen (secondary N) is 1. The van der Waals surface area contributed by atoms with Gasteiger partial charge in [0.25, 0.3) is 0 Å². The van der Waals surface area contributed by atoms with Crippen molar-refractivity contribution in [3.63, 3.8) is 0 Å². The number of anilines is 1. The average Bonchev–Trinajstić information content (AvgIpc) is 2.47. The maximum atomic E-state index is 11.4. The summed E-state index contributed by atoms with van der Waals surface area (Å²) in [6, 6.07) is 9.45. The lowest BCUT2D eigenvalue weighted by atomic mass is 10.1. The van der Waals surface area contributed by atoms with Crippen LogP contribution in [0.5, 0.6) is 0 Å². The first kappa shape index (κ1) is 15.9. The smallest absolute Gasteiger partial charge is 0.311 e. The molecule has 0 aliphatic carbocycles. The molecule has 0 aliphatic heterocycles. The summed E-state index contributed by atoms with van der Waals surface area (Å²) in [6.45, 7) is 0.454. The normalized spacial score (nSPS) is 11.1. The van der Waals surface area contributed by atoms with Gasteiger partial charge in [-0.15, -0.1) is 0 Å². The first-order valence-electron chi connectivity index (χ1n) is 6.50. The third-order valence-electron chi connectivity index (χ3n) is 3.04. The van der Waals surface area contributed by atoms with Crippen LogP contribution in [0.4, 0.5) is 11.5 Å². The van der Waals surface area contributed by atoms with E-state index in [1.165, 1.54) is 18.3 Å². The summed E-state index contributed by atoms with van der Waals surface area (Å²) >= 11 is 0. The SMILES string of the molecule is CS(=O)(=O)c1ccc(CCNc2ncccc2[N+](=O)[O-])cc1. The molecule has 1 aromatic heterocycles. The van der Waals surface area contributed by atoms with Crippen molar-refractivity contribution in [3.05, 3.63) is 58.3 Å². The Bertz CT molecular complexity index is 773. The molecule has 0 fully saturated rings. The summed E-state index contributed by atoms with van der Waals surface area (Å²) in [5.74, 6) is 0.222. The molecule has 0 bridgehead atoms. The fraction of sp³-hybridized carbons (Fsp3) is 0.214. The van der Waals surface area contributed by atoms with Crippen molar-refractivity contribution >= 4 is 21.3 Å². The predicted octanol–water partition coefficient (Wildman–Crippen LogP) is 2.05. The Morgan fingerprint density at radius 1 is 1.23 bits per heavy atom. The van der Waals surface area contributed by atoms with Gasteiger partial charge in [-0.2, -0.15) is 0 Å². The minimum absolute atomic E-state index is 0.0741. The zero-order chi connectivity index (χ0) is 16.2. The number of hydrogen-bond acceptors (Lipinski definition) is 6. The van der Waals surface area contributed by atoms with E-state index < -0.39 is 14.8 Å². The number of nitrogens with zero attached hydrogens (tertiary/aromatic N) is 2. The van der Waals surface area contributed by atoms with Gasteiger partial charge < -0.3 is 5.32 Å². The van der Waals surface area contributed by atoms with Gasteiger partial charge in [0.05, 0.1) is 9.82 Å². The number of rotatable bonds is 6. The van der Waals surface area contributed by atoms with Crippen molar-refractivity contribution < 1.29 is 13.3 Å². The number of sulfone groups is 1. The molecule has 1 N–H and O–H groups in total. The van der Waals surface area contributed by atoms with Gasteiger partial charge in [-0.25, -0.2) is 13.4 Å². The van der Waals surface area contributed by atoms with E-state index in [-0.39, 0.29) is 16.4 Å². The first-order chi connectivity index (χ1) is 10.4. The molecule has 0 atom stereocenters. The summed E-state index contributed by atoms with van der Waals surface area (Å²) in [6.07, 6.45) is 3.23. The molecule has 22 heavy (non-hydrogen) atoms. The number of aromatic nitrogens is 1. The standard InChI is InChI=1S/C14H15N3O4S/c1-22(20,21)12-6-4-11(5-7-12)8-10-16-14-13(17(18)19)3-2-9-15-14/h2-7,9H,8,10H2,1H3,(H,15,16). The molecule has 0 saturated heterocycles. The van der Waals surface area contributed by atoms with Crippen LogP contribution in [0.2, 0.25) is 0 Å². The molecule has 1 heterocycles. The van der Waals surface area contributed by atoms with Crippen LogP contribution < -0.4 is 5.32 Å². The van der Waals surface area contributed by atoms with Crippen LogP contribution in [0.25, 0.3) is 0 Å². The van der Waals surface area contributed by atoms with Crippen molar-refractivity contribution in [2.24, 2.45) is 0 Å². The van der Waals surface area contributed by atoms with Gasteiger partial charge in [0.2, 0.25) is 5.82 Å². The Morgan fingerprint density at radius 2 is 1.91 bits per heavy atom. The molecule has 0 radical (unpaired) electrons. The van der Waals surface area contributed by atoms with Gasteiger partial charge in [-0.05, 0) is 30.2 Å². The van der Waals surface area contributed by atoms with Gasteiger partial charge >= 0.3 is 5.69 Å². The average molecular weight is 321 g/mol. The number of pyridine rings is 1. The Kier molecular flexibility index (Phi) is 4.71. The lowest BCUT2D eigenvalue weighted by molar-refractivity contribution is -0.384. The fourth-order valence-electron chi connectivity index (χ4n) is 1.91. The van der Waals surface area contributed by atoms with Gasteiger partial charge in [0.15, 0.2) is 9.84 Å². The largest absolute Gasteiger partial charge is 0.364 e. The molecule has 7 nitrogen and oxygen atoms in total. The van der Waals surface area contributed by atoms with Crippen LogP contribution in [0.3, 0.4) is 0 Å². The Balaban J connectivity index is 1.99. The summed E-state index contributed by atoms with van der Waals surface area (Å²) in [5, 5.41) is 13.8. The first-order valence-corrected chi connectivity index (χ1v) is 8.39. The fourth-order valence-corrected chi connectivity index (χ4v) is 2.54. The molecule has 0 spiro atoms. The van der Waals surface area contributed by atoms with Crippen LogP contribution in [-0.2, 0) is 16.3 Å². The zero-order valence-electron chi connectivity index (χ0n) is 11.9. The monoisotopic (exact) mass is 321 g/mol. The van der Waals surface area contributed by atoms with E-state index in [0.29, 0.717) is 13.0 Å². The van der Waals surface area contributed by atoms with Crippen molar-refractivity contribution in [1.29, 1.82) is 0 Å². The predicted molar refractivity (Wildman–Crippen MR) is 82.6 cm³/mol. The topological polar surface area (TPSA) is 102 Å². The third kappa shape index (κ3) is 4.01. The Morgan fingerprint density at radius 3 is 2.50 bits per heavy atom. The van der Waals surface area contributed by atoms with E-state index in [1.807, 2.05) is 0 Å². The number of hydrogen-bond donors (Lipinski definition) is 1. The summed E-state index contributed by atoms with van der Waals surface area (Å²) in [4.78, 5) is 14.6. The molecule has 116 valence electrons. The van der Waals surface area contributed by atoms with E-state index in [4.69, 9.17) is 0 Å². The van der Waals surface area contributed by atoms with Crippen molar-refractivity contribution in [2.45, 2.75) is 11.3 Å². The molecular formula is C14H15N3O4S. The molecule has 2 rings (SSSR count). The molecular weight excluding hydrogens is 306 g/mol. The van der Waals surface area contributed by atoms with Gasteiger partial charge in [0, 0.05) is 25.1 Å². The number of benzene rings is 1. The van der Waals surface area contributed by atoms with Crippen LogP contribution in [-0.4, -0.2) is 31.1 Å². The lowest BCUT2D eigenvalue weighted by Gasteiger charge is -2.06. The van der Waals surface area contributed by atoms with E-state index in [0.717, 1.165) is 11.8 Å². The second-order valence-corrected chi connectivity index (χ2v) is 6.74. The van der Waals surface area contributed by atoms with Gasteiger partial charge in [0.1, 0.15) is 0 Å². The minimum atomic E-state index is -3.20. The van der Waals surface area contributed by atoms with Crippen molar-refractivity contribution in [1.82, 2.24) is 4.98 Å². The molecule has 0 aliphatic rings. The summed E-state index contributed by atoms with van der Waals surface area (Å²) < 4.78 is 22.7. The van der Waals surface area contributed by atoms with Crippen LogP contribution in [0, 0.1) is 10.1 Å². The van der Waals surface area contributed by atoms with Crippen LogP contribution in [0.15, 0.2) is 47.5 Å². The maximum absolute atomic E-state index is 11.4. The highest BCUT2D eigenvalue weighted by Crippen LogP contribution is 2.20. The second kappa shape index (κ2) is 6.52. The highest BCUT2D eigenvalue weighted by molar-refractivity contribution is 7.90. The van der Waals surface area contributed by atoms with E-state index in [9.17, 15) is 18.5 Å². The lowest BCUT2D eigenvalue weighted by Crippen LogP contribution is -2.08. The van der Waals surface area contributed by atoms with Crippen molar-refractivity contribution in [2.75, 3.05) is 18.1 Å². The van der Waals surface area contributed by atoms with E-state index in [2.05, 4.69) is 10.3 Å². The zero-order valence-corrected chi connectivity index (χ0v) is 12.7. The molecule has 0 unspecified atom stereocenters. The molecule has 8 heteroatoms. The van der Waals surface area contributed by atoms with Crippen LogP contribution in [0.1, 0.15) is 5.56 Å². The van der Waals surface area contributed by atoms with E-state index >= 15 is 0 Å². The second-order valence-electron chi connectivity index (χ2n) is 4.72. The number of nitro groups is 1. The quantitative estimate of drug-likeness (QED) is 0.645. The van der Waals surface area contributed by atoms with Gasteiger partial charge in [-0.1, -0.05) is 12.1 Å². The Hall–Kier alpha value is -2.48. The third-order valence-corrected chi connectivity index (χ3v) is 4.17. The maximum Gasteiger partial charge on any atom is 0.311 e. The van der Waals surface area contributed by atoms with E-state index in [1.54, 1.807) is 24.3 Å². The molecule has 2 aromatic rings. The molecule has 0 amide bonds. The molecule has 0 saturated carbocycles. The summed E-state index contributed by atoms with van der Waals surface area (Å²) in [7, 11) is -3.20. The highest BCUT2D eigenvalue weighted by atomic mass is 32.2. The van der Waals surface area contributed by atoms with Crippen molar-refractivity contribution in [3.8, 4) is 0 Å². The minimum Gasteiger partial charge on any atom is -0.364 e. The summed E-state index contributed by atoms with van der Waals surface area (Å²) in [5.41, 5.74) is 0.855. The highest BCUT2D eigenvalue weighted by Gasteiger charge is 2.13. The van der Waals surface area contributed by atoms with Crippen LogP contribution >= 0.6 is 0 Å².